The van der Waals surface area contributed by atoms with Crippen molar-refractivity contribution in [3.05, 3.63) is 53.5 Å². The van der Waals surface area contributed by atoms with E-state index in [9.17, 15) is 19.2 Å². The molecule has 1 fully saturated rings. The fourth-order valence-electron chi connectivity index (χ4n) is 2.77. The lowest BCUT2D eigenvalue weighted by Crippen LogP contribution is -2.41. The van der Waals surface area contributed by atoms with Crippen molar-refractivity contribution in [3.8, 4) is 0 Å². The number of hydrogen-bond donors (Lipinski definition) is 3. The monoisotopic (exact) mass is 370 g/mol. The number of primary amides is 1. The molecule has 1 unspecified atom stereocenters. The van der Waals surface area contributed by atoms with E-state index in [4.69, 9.17) is 10.2 Å². The highest BCUT2D eigenvalue weighted by Gasteiger charge is 2.51. The summed E-state index contributed by atoms with van der Waals surface area (Å²) >= 11 is 0. The topological polar surface area (TPSA) is 135 Å². The van der Waals surface area contributed by atoms with E-state index in [-0.39, 0.29) is 0 Å². The van der Waals surface area contributed by atoms with Gasteiger partial charge in [0.05, 0.1) is 0 Å². The number of urea groups is 1. The molecule has 1 saturated heterocycles. The molecule has 1 aromatic carbocycles. The Balaban J connectivity index is 1.69. The molecule has 0 aliphatic carbocycles. The molecule has 0 bridgehead atoms. The molecule has 2 heterocycles. The number of hydrogen-bond acceptors (Lipinski definition) is 5. The van der Waals surface area contributed by atoms with Crippen molar-refractivity contribution in [2.75, 3.05) is 11.9 Å². The number of anilines is 1. The van der Waals surface area contributed by atoms with Gasteiger partial charge in [-0.15, -0.1) is 0 Å². The quantitative estimate of drug-likeness (QED) is 0.677. The molecule has 1 aliphatic heterocycles. The molecule has 0 spiro atoms. The Hall–Kier alpha value is -3.62. The van der Waals surface area contributed by atoms with Crippen LogP contribution in [0.2, 0.25) is 0 Å². The number of nitrogens with one attached hydrogen (secondary N) is 2. The van der Waals surface area contributed by atoms with Crippen LogP contribution in [0.3, 0.4) is 0 Å². The maximum Gasteiger partial charge on any atom is 0.325 e. The predicted octanol–water partition coefficient (Wildman–Crippen LogP) is 1.09. The van der Waals surface area contributed by atoms with Crippen LogP contribution in [-0.2, 0) is 15.1 Å². The van der Waals surface area contributed by atoms with E-state index < -0.39 is 35.8 Å². The van der Waals surface area contributed by atoms with Gasteiger partial charge in [0, 0.05) is 11.3 Å². The Morgan fingerprint density at radius 1 is 1.19 bits per heavy atom. The third kappa shape index (κ3) is 3.39. The van der Waals surface area contributed by atoms with Crippen LogP contribution in [0.25, 0.3) is 0 Å². The van der Waals surface area contributed by atoms with Crippen molar-refractivity contribution in [3.63, 3.8) is 0 Å². The van der Waals surface area contributed by atoms with E-state index in [2.05, 4.69) is 10.6 Å². The summed E-state index contributed by atoms with van der Waals surface area (Å²) in [5.74, 6) is -0.835. The van der Waals surface area contributed by atoms with Crippen LogP contribution in [0, 0.1) is 6.92 Å². The van der Waals surface area contributed by atoms with Crippen molar-refractivity contribution in [2.45, 2.75) is 19.4 Å². The number of nitrogens with zero attached hydrogens (tertiary/aromatic N) is 1. The molecule has 1 aliphatic rings. The van der Waals surface area contributed by atoms with Gasteiger partial charge in [0.2, 0.25) is 11.8 Å². The summed E-state index contributed by atoms with van der Waals surface area (Å²) in [5, 5.41) is 5.12. The second-order valence-electron chi connectivity index (χ2n) is 6.35. The smallest absolute Gasteiger partial charge is 0.325 e. The number of carbonyl (C=O) groups excluding carboxylic acids is 4. The van der Waals surface area contributed by atoms with Gasteiger partial charge in [0.15, 0.2) is 5.54 Å². The van der Waals surface area contributed by atoms with Crippen LogP contribution in [0.1, 0.15) is 28.8 Å². The number of rotatable bonds is 5. The zero-order valence-electron chi connectivity index (χ0n) is 14.7. The first-order valence-electron chi connectivity index (χ1n) is 8.11. The van der Waals surface area contributed by atoms with Gasteiger partial charge in [-0.1, -0.05) is 0 Å². The number of benzene rings is 1. The number of furan rings is 1. The lowest BCUT2D eigenvalue weighted by atomic mass is 9.99. The molecular weight excluding hydrogens is 352 g/mol. The van der Waals surface area contributed by atoms with Gasteiger partial charge in [-0.25, -0.2) is 4.79 Å². The first kappa shape index (κ1) is 18.2. The maximum atomic E-state index is 12.7. The van der Waals surface area contributed by atoms with Crippen LogP contribution in [-0.4, -0.2) is 35.2 Å². The van der Waals surface area contributed by atoms with E-state index in [1.165, 1.54) is 31.2 Å². The lowest BCUT2D eigenvalue weighted by Gasteiger charge is -2.19. The van der Waals surface area contributed by atoms with Crippen molar-refractivity contribution in [1.29, 1.82) is 0 Å². The van der Waals surface area contributed by atoms with Crippen LogP contribution in [0.4, 0.5) is 10.5 Å². The minimum atomic E-state index is -1.37. The Kier molecular flexibility index (Phi) is 4.44. The number of carbonyl (C=O) groups is 4. The number of amides is 5. The highest BCUT2D eigenvalue weighted by Crippen LogP contribution is 2.30. The maximum absolute atomic E-state index is 12.7. The number of aryl methyl sites for hydroxylation is 1. The number of nitrogens with two attached hydrogens (primary N) is 1. The van der Waals surface area contributed by atoms with E-state index >= 15 is 0 Å². The Bertz CT molecular complexity index is 933. The third-order valence-corrected chi connectivity index (χ3v) is 4.26. The molecule has 0 saturated carbocycles. The van der Waals surface area contributed by atoms with Crippen molar-refractivity contribution >= 4 is 29.4 Å². The van der Waals surface area contributed by atoms with Gasteiger partial charge < -0.3 is 20.8 Å². The summed E-state index contributed by atoms with van der Waals surface area (Å²) in [7, 11) is 0. The van der Waals surface area contributed by atoms with Gasteiger partial charge in [0.1, 0.15) is 18.1 Å². The average molecular weight is 370 g/mol. The molecule has 27 heavy (non-hydrogen) atoms. The van der Waals surface area contributed by atoms with Gasteiger partial charge in [-0.2, -0.15) is 0 Å². The van der Waals surface area contributed by atoms with Crippen LogP contribution in [0.5, 0.6) is 0 Å². The molecule has 5 amide bonds. The largest absolute Gasteiger partial charge is 0.463 e. The summed E-state index contributed by atoms with van der Waals surface area (Å²) in [6.07, 6.45) is 0. The molecule has 140 valence electrons. The summed E-state index contributed by atoms with van der Waals surface area (Å²) in [6, 6.07) is 8.53. The van der Waals surface area contributed by atoms with Gasteiger partial charge >= 0.3 is 6.03 Å². The molecule has 9 heteroatoms. The molecule has 2 aromatic rings. The van der Waals surface area contributed by atoms with Crippen molar-refractivity contribution in [2.24, 2.45) is 5.73 Å². The fourth-order valence-corrected chi connectivity index (χ4v) is 2.77. The van der Waals surface area contributed by atoms with Gasteiger partial charge in [0.25, 0.3) is 5.91 Å². The highest BCUT2D eigenvalue weighted by atomic mass is 16.3. The molecular formula is C18H18N4O5. The molecule has 4 N–H and O–H groups in total. The van der Waals surface area contributed by atoms with Gasteiger partial charge in [-0.05, 0) is 50.2 Å². The standard InChI is InChI=1S/C18H18N4O5/c1-10-3-8-13(27-10)18(2)16(25)22(17(26)21-18)9-14(23)20-12-6-4-11(5-7-12)15(19)24/h3-8H,9H2,1-2H3,(H2,19,24)(H,20,23)(H,21,26). The minimum absolute atomic E-state index is 0.295. The van der Waals surface area contributed by atoms with E-state index in [0.717, 1.165) is 4.90 Å². The summed E-state index contributed by atoms with van der Waals surface area (Å²) < 4.78 is 5.47. The molecule has 1 aromatic heterocycles. The fraction of sp³-hybridized carbons (Fsp3) is 0.222. The van der Waals surface area contributed by atoms with E-state index in [0.29, 0.717) is 22.8 Å². The normalized spacial score (nSPS) is 19.1. The van der Waals surface area contributed by atoms with E-state index in [1.807, 2.05) is 0 Å². The SMILES string of the molecule is Cc1ccc(C2(C)NC(=O)N(CC(=O)Nc3ccc(C(N)=O)cc3)C2=O)o1. The minimum Gasteiger partial charge on any atom is -0.463 e. The lowest BCUT2D eigenvalue weighted by molar-refractivity contribution is -0.134. The number of imide groups is 1. The van der Waals surface area contributed by atoms with E-state index in [1.54, 1.807) is 19.1 Å². The second-order valence-corrected chi connectivity index (χ2v) is 6.35. The first-order chi connectivity index (χ1) is 12.7. The van der Waals surface area contributed by atoms with Gasteiger partial charge in [-0.3, -0.25) is 19.3 Å². The Morgan fingerprint density at radius 2 is 1.85 bits per heavy atom. The molecule has 3 rings (SSSR count). The molecule has 1 atom stereocenters. The van der Waals surface area contributed by atoms with Crippen LogP contribution < -0.4 is 16.4 Å². The Morgan fingerprint density at radius 3 is 2.41 bits per heavy atom. The van der Waals surface area contributed by atoms with Crippen molar-refractivity contribution in [1.82, 2.24) is 10.2 Å². The van der Waals surface area contributed by atoms with Crippen LogP contribution in [0.15, 0.2) is 40.8 Å². The zero-order chi connectivity index (χ0) is 19.8. The second kappa shape index (κ2) is 6.60. The highest BCUT2D eigenvalue weighted by molar-refractivity contribution is 6.10. The zero-order valence-corrected chi connectivity index (χ0v) is 14.7. The first-order valence-corrected chi connectivity index (χ1v) is 8.11. The summed E-state index contributed by atoms with van der Waals surface area (Å²) in [6.45, 7) is 2.78. The predicted molar refractivity (Wildman–Crippen MR) is 94.6 cm³/mol. The van der Waals surface area contributed by atoms with Crippen molar-refractivity contribution < 1.29 is 23.6 Å². The third-order valence-electron chi connectivity index (χ3n) is 4.26. The van der Waals surface area contributed by atoms with Crippen LogP contribution >= 0.6 is 0 Å². The average Bonchev–Trinajstić information content (AvgIpc) is 3.14. The molecule has 0 radical (unpaired) electrons. The summed E-state index contributed by atoms with van der Waals surface area (Å²) in [5.41, 5.74) is 4.49. The summed E-state index contributed by atoms with van der Waals surface area (Å²) in [4.78, 5) is 49.0. The Labute approximate surface area is 154 Å². The molecule has 9 nitrogen and oxygen atoms in total.